The summed E-state index contributed by atoms with van der Waals surface area (Å²) in [6, 6.07) is 29.4. The summed E-state index contributed by atoms with van der Waals surface area (Å²) in [4.78, 5) is 40.9. The van der Waals surface area contributed by atoms with Crippen molar-refractivity contribution in [2.24, 2.45) is 0 Å². The minimum absolute atomic E-state index is 0.236. The smallest absolute Gasteiger partial charge is 0.266 e. The van der Waals surface area contributed by atoms with Crippen molar-refractivity contribution in [2.45, 2.75) is 19.9 Å². The van der Waals surface area contributed by atoms with E-state index in [4.69, 9.17) is 0 Å². The number of rotatable bonds is 5. The van der Waals surface area contributed by atoms with Crippen LogP contribution in [0.2, 0.25) is 0 Å². The number of carbonyl (C=O) groups is 3. The van der Waals surface area contributed by atoms with Crippen LogP contribution in [0, 0.1) is 13.8 Å². The Hall–Kier alpha value is -4.51. The highest BCUT2D eigenvalue weighted by molar-refractivity contribution is 6.35. The molecule has 4 aromatic rings. The Labute approximate surface area is 204 Å². The Kier molecular flexibility index (Phi) is 5.75. The number of nitrogens with one attached hydrogen (secondary N) is 1. The van der Waals surface area contributed by atoms with Crippen molar-refractivity contribution >= 4 is 23.4 Å². The van der Waals surface area contributed by atoms with Gasteiger partial charge in [-0.15, -0.1) is 0 Å². The topological polar surface area (TPSA) is 66.5 Å². The van der Waals surface area contributed by atoms with Crippen LogP contribution in [-0.4, -0.2) is 17.7 Å². The molecule has 0 spiro atoms. The molecule has 3 amide bonds. The van der Waals surface area contributed by atoms with Crippen LogP contribution in [0.5, 0.6) is 0 Å². The Morgan fingerprint density at radius 2 is 1.31 bits per heavy atom. The van der Waals surface area contributed by atoms with E-state index in [0.717, 1.165) is 22.3 Å². The first-order valence-electron chi connectivity index (χ1n) is 11.4. The number of hydrogen-bond donors (Lipinski definition) is 1. The minimum Gasteiger partial charge on any atom is -0.341 e. The van der Waals surface area contributed by atoms with Gasteiger partial charge in [0.1, 0.15) is 0 Å². The second-order valence-corrected chi connectivity index (χ2v) is 8.72. The van der Waals surface area contributed by atoms with Gasteiger partial charge < -0.3 is 5.32 Å². The van der Waals surface area contributed by atoms with E-state index in [0.29, 0.717) is 16.8 Å². The van der Waals surface area contributed by atoms with Gasteiger partial charge in [-0.2, -0.15) is 0 Å². The SMILES string of the molecule is Cc1ccc(C)c(N2C(=O)c3ccc(C(=O)NC(c4ccccc4)c4ccccc4)cc3C2=O)c1. The molecule has 4 aromatic carbocycles. The van der Waals surface area contributed by atoms with Crippen LogP contribution in [0.25, 0.3) is 0 Å². The van der Waals surface area contributed by atoms with Crippen LogP contribution in [0.3, 0.4) is 0 Å². The standard InChI is InChI=1S/C30H24N2O3/c1-19-13-14-20(2)26(17-19)32-29(34)24-16-15-23(18-25(24)30(32)35)28(33)31-27(21-9-5-3-6-10-21)22-11-7-4-8-12-22/h3-18,27H,1-2H3,(H,31,33). The van der Waals surface area contributed by atoms with Gasteiger partial charge in [0.15, 0.2) is 0 Å². The van der Waals surface area contributed by atoms with E-state index in [1.807, 2.05) is 92.7 Å². The van der Waals surface area contributed by atoms with Gasteiger partial charge in [0.05, 0.1) is 22.9 Å². The molecule has 5 nitrogen and oxygen atoms in total. The van der Waals surface area contributed by atoms with Crippen molar-refractivity contribution in [1.82, 2.24) is 5.32 Å². The molecule has 5 rings (SSSR count). The van der Waals surface area contributed by atoms with E-state index in [1.165, 1.54) is 11.0 Å². The highest BCUT2D eigenvalue weighted by Gasteiger charge is 2.38. The summed E-state index contributed by atoms with van der Waals surface area (Å²) in [5, 5.41) is 3.09. The molecular weight excluding hydrogens is 436 g/mol. The largest absolute Gasteiger partial charge is 0.341 e. The van der Waals surface area contributed by atoms with Gasteiger partial charge in [0, 0.05) is 5.56 Å². The van der Waals surface area contributed by atoms with E-state index >= 15 is 0 Å². The van der Waals surface area contributed by atoms with Crippen molar-refractivity contribution in [3.63, 3.8) is 0 Å². The zero-order chi connectivity index (χ0) is 24.5. The molecule has 1 heterocycles. The highest BCUT2D eigenvalue weighted by Crippen LogP contribution is 2.32. The van der Waals surface area contributed by atoms with Crippen LogP contribution in [0.4, 0.5) is 5.69 Å². The molecule has 1 aliphatic heterocycles. The van der Waals surface area contributed by atoms with Crippen molar-refractivity contribution in [3.8, 4) is 0 Å². The third-order valence-electron chi connectivity index (χ3n) is 6.30. The first-order valence-corrected chi connectivity index (χ1v) is 11.4. The summed E-state index contributed by atoms with van der Waals surface area (Å²) in [7, 11) is 0. The number of nitrogens with zero attached hydrogens (tertiary/aromatic N) is 1. The molecule has 0 radical (unpaired) electrons. The molecule has 0 fully saturated rings. The van der Waals surface area contributed by atoms with E-state index < -0.39 is 5.91 Å². The normalized spacial score (nSPS) is 12.7. The summed E-state index contributed by atoms with van der Waals surface area (Å²) in [6.45, 7) is 3.78. The molecule has 35 heavy (non-hydrogen) atoms. The predicted molar refractivity (Wildman–Crippen MR) is 136 cm³/mol. The quantitative estimate of drug-likeness (QED) is 0.393. The molecule has 0 unspecified atom stereocenters. The van der Waals surface area contributed by atoms with Crippen LogP contribution in [0.15, 0.2) is 97.1 Å². The molecule has 0 aromatic heterocycles. The number of amides is 3. The van der Waals surface area contributed by atoms with E-state index in [1.54, 1.807) is 12.1 Å². The molecule has 0 bridgehead atoms. The minimum atomic E-state index is -0.420. The summed E-state index contributed by atoms with van der Waals surface area (Å²) in [6.07, 6.45) is 0. The number of carbonyl (C=O) groups excluding carboxylic acids is 3. The fraction of sp³-hybridized carbons (Fsp3) is 0.100. The van der Waals surface area contributed by atoms with Gasteiger partial charge >= 0.3 is 0 Å². The summed E-state index contributed by atoms with van der Waals surface area (Å²) in [5.74, 6) is -1.12. The Bertz CT molecular complexity index is 1410. The highest BCUT2D eigenvalue weighted by atomic mass is 16.2. The molecule has 1 N–H and O–H groups in total. The maximum Gasteiger partial charge on any atom is 0.266 e. The van der Waals surface area contributed by atoms with Crippen LogP contribution in [0.1, 0.15) is 59.4 Å². The van der Waals surface area contributed by atoms with Gasteiger partial charge in [-0.1, -0.05) is 72.8 Å². The number of anilines is 1. The van der Waals surface area contributed by atoms with Crippen LogP contribution >= 0.6 is 0 Å². The maximum atomic E-state index is 13.3. The van der Waals surface area contributed by atoms with Crippen molar-refractivity contribution in [1.29, 1.82) is 0 Å². The third kappa shape index (κ3) is 4.13. The Balaban J connectivity index is 1.47. The fourth-order valence-corrected chi connectivity index (χ4v) is 4.43. The first kappa shape index (κ1) is 22.3. The predicted octanol–water partition coefficient (Wildman–Crippen LogP) is 5.62. The monoisotopic (exact) mass is 460 g/mol. The van der Waals surface area contributed by atoms with Gasteiger partial charge in [-0.25, -0.2) is 4.90 Å². The molecule has 0 saturated carbocycles. The second-order valence-electron chi connectivity index (χ2n) is 8.72. The third-order valence-corrected chi connectivity index (χ3v) is 6.30. The lowest BCUT2D eigenvalue weighted by atomic mass is 9.98. The van der Waals surface area contributed by atoms with Gasteiger partial charge in [-0.3, -0.25) is 14.4 Å². The van der Waals surface area contributed by atoms with E-state index in [9.17, 15) is 14.4 Å². The molecule has 5 heteroatoms. The molecule has 0 atom stereocenters. The number of fused-ring (bicyclic) bond motifs is 1. The molecule has 0 aliphatic carbocycles. The van der Waals surface area contributed by atoms with Gasteiger partial charge in [-0.05, 0) is 60.4 Å². The average molecular weight is 461 g/mol. The van der Waals surface area contributed by atoms with Gasteiger partial charge in [0.25, 0.3) is 17.7 Å². The van der Waals surface area contributed by atoms with E-state index in [2.05, 4.69) is 5.32 Å². The maximum absolute atomic E-state index is 13.3. The first-order chi connectivity index (χ1) is 16.9. The van der Waals surface area contributed by atoms with Crippen molar-refractivity contribution < 1.29 is 14.4 Å². The Morgan fingerprint density at radius 1 is 0.714 bits per heavy atom. The molecule has 172 valence electrons. The van der Waals surface area contributed by atoms with Crippen molar-refractivity contribution in [2.75, 3.05) is 4.90 Å². The summed E-state index contributed by atoms with van der Waals surface area (Å²) < 4.78 is 0. The zero-order valence-electron chi connectivity index (χ0n) is 19.5. The van der Waals surface area contributed by atoms with Crippen LogP contribution in [-0.2, 0) is 0 Å². The lowest BCUT2D eigenvalue weighted by Crippen LogP contribution is -2.30. The molecular formula is C30H24N2O3. The number of benzene rings is 4. The van der Waals surface area contributed by atoms with Crippen molar-refractivity contribution in [3.05, 3.63) is 136 Å². The zero-order valence-corrected chi connectivity index (χ0v) is 19.5. The summed E-state index contributed by atoms with van der Waals surface area (Å²) >= 11 is 0. The lowest BCUT2D eigenvalue weighted by Gasteiger charge is -2.20. The number of aryl methyl sites for hydroxylation is 2. The average Bonchev–Trinajstić information content (AvgIpc) is 3.14. The van der Waals surface area contributed by atoms with Gasteiger partial charge in [0.2, 0.25) is 0 Å². The molecule has 1 aliphatic rings. The van der Waals surface area contributed by atoms with Crippen LogP contribution < -0.4 is 10.2 Å². The molecule has 0 saturated heterocycles. The number of hydrogen-bond acceptors (Lipinski definition) is 3. The lowest BCUT2D eigenvalue weighted by molar-refractivity contribution is 0.0922. The number of imide groups is 1. The summed E-state index contributed by atoms with van der Waals surface area (Å²) in [5.41, 5.74) is 5.10. The van der Waals surface area contributed by atoms with E-state index in [-0.39, 0.29) is 23.4 Å². The Morgan fingerprint density at radius 3 is 1.94 bits per heavy atom. The fourth-order valence-electron chi connectivity index (χ4n) is 4.43. The second kappa shape index (κ2) is 9.03.